The van der Waals surface area contributed by atoms with Gasteiger partial charge in [-0.2, -0.15) is 0 Å². The van der Waals surface area contributed by atoms with Gasteiger partial charge in [-0.3, -0.25) is 9.78 Å². The van der Waals surface area contributed by atoms with Crippen molar-refractivity contribution in [2.75, 3.05) is 25.1 Å². The molecule has 5 nitrogen and oxygen atoms in total. The first-order valence-electron chi connectivity index (χ1n) is 10.7. The van der Waals surface area contributed by atoms with Crippen LogP contribution in [-0.4, -0.2) is 30.7 Å². The molecule has 1 N–H and O–H groups in total. The zero-order valence-electron chi connectivity index (χ0n) is 17.9. The fourth-order valence-corrected chi connectivity index (χ4v) is 4.01. The van der Waals surface area contributed by atoms with Gasteiger partial charge in [0, 0.05) is 24.8 Å². The zero-order valence-corrected chi connectivity index (χ0v) is 17.9. The van der Waals surface area contributed by atoms with Crippen molar-refractivity contribution in [2.24, 2.45) is 5.92 Å². The first kappa shape index (κ1) is 21.2. The van der Waals surface area contributed by atoms with Gasteiger partial charge in [0.15, 0.2) is 0 Å². The standard InChI is InChI=1S/C25H27FN2O3/c1-17(2)16-31-22-10-9-21(20-4-3-13-27-23(20)22)28-24(29)25(11-14-30-15-12-25)18-5-7-19(26)8-6-18/h3-10,13,17H,11-12,14-16H2,1-2H3,(H,28,29). The first-order valence-corrected chi connectivity index (χ1v) is 10.7. The second-order valence-corrected chi connectivity index (χ2v) is 8.37. The molecule has 1 aliphatic rings. The highest BCUT2D eigenvalue weighted by atomic mass is 19.1. The Labute approximate surface area is 181 Å². The van der Waals surface area contributed by atoms with Crippen LogP contribution in [-0.2, 0) is 14.9 Å². The van der Waals surface area contributed by atoms with Gasteiger partial charge in [-0.1, -0.05) is 26.0 Å². The van der Waals surface area contributed by atoms with Crippen LogP contribution in [0.2, 0.25) is 0 Å². The molecule has 1 amide bonds. The van der Waals surface area contributed by atoms with Crippen LogP contribution in [0.5, 0.6) is 5.75 Å². The maximum Gasteiger partial charge on any atom is 0.235 e. The van der Waals surface area contributed by atoms with Crippen LogP contribution >= 0.6 is 0 Å². The van der Waals surface area contributed by atoms with Crippen molar-refractivity contribution in [1.29, 1.82) is 0 Å². The van der Waals surface area contributed by atoms with E-state index in [4.69, 9.17) is 9.47 Å². The molecule has 1 saturated heterocycles. The van der Waals surface area contributed by atoms with Crippen molar-refractivity contribution >= 4 is 22.5 Å². The van der Waals surface area contributed by atoms with E-state index in [9.17, 15) is 9.18 Å². The summed E-state index contributed by atoms with van der Waals surface area (Å²) >= 11 is 0. The van der Waals surface area contributed by atoms with Gasteiger partial charge in [-0.15, -0.1) is 0 Å². The number of carbonyl (C=O) groups excluding carboxylic acids is 1. The fraction of sp³-hybridized carbons (Fsp3) is 0.360. The van der Waals surface area contributed by atoms with Crippen molar-refractivity contribution in [3.05, 3.63) is 66.1 Å². The third kappa shape index (κ3) is 4.39. The lowest BCUT2D eigenvalue weighted by Crippen LogP contribution is -2.44. The largest absolute Gasteiger partial charge is 0.491 e. The van der Waals surface area contributed by atoms with Crippen LogP contribution in [0, 0.1) is 11.7 Å². The molecule has 162 valence electrons. The van der Waals surface area contributed by atoms with Gasteiger partial charge < -0.3 is 14.8 Å². The fourth-order valence-electron chi connectivity index (χ4n) is 4.01. The predicted octanol–water partition coefficient (Wildman–Crippen LogP) is 5.10. The van der Waals surface area contributed by atoms with Crippen LogP contribution in [0.1, 0.15) is 32.3 Å². The second-order valence-electron chi connectivity index (χ2n) is 8.37. The van der Waals surface area contributed by atoms with E-state index in [-0.39, 0.29) is 11.7 Å². The quantitative estimate of drug-likeness (QED) is 0.601. The molecule has 2 heterocycles. The Morgan fingerprint density at radius 2 is 1.90 bits per heavy atom. The molecule has 2 aromatic carbocycles. The summed E-state index contributed by atoms with van der Waals surface area (Å²) in [5.41, 5.74) is 1.42. The number of halogens is 1. The third-order valence-electron chi connectivity index (χ3n) is 5.73. The molecule has 31 heavy (non-hydrogen) atoms. The number of benzene rings is 2. The Balaban J connectivity index is 1.68. The minimum atomic E-state index is -0.771. The predicted molar refractivity (Wildman–Crippen MR) is 119 cm³/mol. The molecule has 0 atom stereocenters. The normalized spacial score (nSPS) is 15.7. The van der Waals surface area contributed by atoms with Crippen LogP contribution in [0.25, 0.3) is 10.9 Å². The molecule has 0 aliphatic carbocycles. The van der Waals surface area contributed by atoms with E-state index >= 15 is 0 Å². The molecule has 0 saturated carbocycles. The Kier molecular flexibility index (Phi) is 6.18. The number of anilines is 1. The molecule has 0 unspecified atom stereocenters. The number of nitrogens with one attached hydrogen (secondary N) is 1. The average molecular weight is 423 g/mol. The maximum absolute atomic E-state index is 13.6. The summed E-state index contributed by atoms with van der Waals surface area (Å²) in [7, 11) is 0. The minimum absolute atomic E-state index is 0.122. The maximum atomic E-state index is 13.6. The van der Waals surface area contributed by atoms with Gasteiger partial charge >= 0.3 is 0 Å². The number of fused-ring (bicyclic) bond motifs is 1. The Morgan fingerprint density at radius 1 is 1.16 bits per heavy atom. The summed E-state index contributed by atoms with van der Waals surface area (Å²) in [6, 6.07) is 13.7. The van der Waals surface area contributed by atoms with E-state index in [0.717, 1.165) is 10.9 Å². The lowest BCUT2D eigenvalue weighted by molar-refractivity contribution is -0.125. The van der Waals surface area contributed by atoms with Crippen LogP contribution in [0.15, 0.2) is 54.7 Å². The van der Waals surface area contributed by atoms with Gasteiger partial charge in [-0.05, 0) is 60.7 Å². The highest BCUT2D eigenvalue weighted by Gasteiger charge is 2.42. The Hall–Kier alpha value is -2.99. The van der Waals surface area contributed by atoms with Gasteiger partial charge in [0.1, 0.15) is 17.1 Å². The van der Waals surface area contributed by atoms with Crippen LogP contribution in [0.4, 0.5) is 10.1 Å². The molecule has 3 aromatic rings. The van der Waals surface area contributed by atoms with E-state index in [1.54, 1.807) is 18.3 Å². The zero-order chi connectivity index (χ0) is 21.8. The number of carbonyl (C=O) groups is 1. The highest BCUT2D eigenvalue weighted by Crippen LogP contribution is 2.38. The first-order chi connectivity index (χ1) is 15.0. The van der Waals surface area contributed by atoms with Crippen molar-refractivity contribution < 1.29 is 18.7 Å². The smallest absolute Gasteiger partial charge is 0.235 e. The molecule has 1 aliphatic heterocycles. The molecule has 0 spiro atoms. The number of ether oxygens (including phenoxy) is 2. The number of pyridine rings is 1. The molecule has 0 bridgehead atoms. The molecule has 1 fully saturated rings. The second kappa shape index (κ2) is 9.02. The van der Waals surface area contributed by atoms with Gasteiger partial charge in [0.25, 0.3) is 0 Å². The topological polar surface area (TPSA) is 60.5 Å². The summed E-state index contributed by atoms with van der Waals surface area (Å²) in [6.07, 6.45) is 2.79. The summed E-state index contributed by atoms with van der Waals surface area (Å²) < 4.78 is 25.0. The Morgan fingerprint density at radius 3 is 2.61 bits per heavy atom. The molecular weight excluding hydrogens is 395 g/mol. The summed E-state index contributed by atoms with van der Waals surface area (Å²) in [6.45, 7) is 5.73. The monoisotopic (exact) mass is 422 g/mol. The number of hydrogen-bond acceptors (Lipinski definition) is 4. The average Bonchev–Trinajstić information content (AvgIpc) is 2.79. The van der Waals surface area contributed by atoms with E-state index in [1.165, 1.54) is 12.1 Å². The van der Waals surface area contributed by atoms with Crippen molar-refractivity contribution in [2.45, 2.75) is 32.1 Å². The SMILES string of the molecule is CC(C)COc1ccc(NC(=O)C2(c3ccc(F)cc3)CCOCC2)c2cccnc12. The number of rotatable bonds is 6. The lowest BCUT2D eigenvalue weighted by atomic mass is 9.73. The van der Waals surface area contributed by atoms with E-state index < -0.39 is 5.41 Å². The van der Waals surface area contributed by atoms with Gasteiger partial charge in [0.2, 0.25) is 5.91 Å². The molecular formula is C25H27FN2O3. The number of amides is 1. The number of hydrogen-bond donors (Lipinski definition) is 1. The number of nitrogens with zero attached hydrogens (tertiary/aromatic N) is 1. The third-order valence-corrected chi connectivity index (χ3v) is 5.73. The summed E-state index contributed by atoms with van der Waals surface area (Å²) in [4.78, 5) is 18.1. The van der Waals surface area contributed by atoms with Crippen molar-refractivity contribution in [1.82, 2.24) is 4.98 Å². The van der Waals surface area contributed by atoms with Crippen molar-refractivity contribution in [3.63, 3.8) is 0 Å². The summed E-state index contributed by atoms with van der Waals surface area (Å²) in [5.74, 6) is 0.646. The van der Waals surface area contributed by atoms with Gasteiger partial charge in [0.05, 0.1) is 17.7 Å². The van der Waals surface area contributed by atoms with Crippen molar-refractivity contribution in [3.8, 4) is 5.75 Å². The molecule has 4 rings (SSSR count). The Bertz CT molecular complexity index is 1060. The molecule has 0 radical (unpaired) electrons. The van der Waals surface area contributed by atoms with E-state index in [0.29, 0.717) is 55.5 Å². The highest BCUT2D eigenvalue weighted by molar-refractivity contribution is 6.06. The van der Waals surface area contributed by atoms with E-state index in [1.807, 2.05) is 24.3 Å². The number of aromatic nitrogens is 1. The molecule has 1 aromatic heterocycles. The van der Waals surface area contributed by atoms with Crippen LogP contribution in [0.3, 0.4) is 0 Å². The van der Waals surface area contributed by atoms with Crippen LogP contribution < -0.4 is 10.1 Å². The summed E-state index contributed by atoms with van der Waals surface area (Å²) in [5, 5.41) is 3.93. The molecule has 6 heteroatoms. The lowest BCUT2D eigenvalue weighted by Gasteiger charge is -2.36. The van der Waals surface area contributed by atoms with Gasteiger partial charge in [-0.25, -0.2) is 4.39 Å². The minimum Gasteiger partial charge on any atom is -0.491 e. The van der Waals surface area contributed by atoms with E-state index in [2.05, 4.69) is 24.1 Å².